The Hall–Kier alpha value is -4.59. The fourth-order valence-electron chi connectivity index (χ4n) is 6.59. The summed E-state index contributed by atoms with van der Waals surface area (Å²) < 4.78 is 22.3. The van der Waals surface area contributed by atoms with Gasteiger partial charge in [0, 0.05) is 55.7 Å². The zero-order valence-electron chi connectivity index (χ0n) is 22.8. The summed E-state index contributed by atoms with van der Waals surface area (Å²) in [7, 11) is 1.47. The molecule has 7 nitrogen and oxygen atoms in total. The van der Waals surface area contributed by atoms with E-state index in [1.807, 2.05) is 24.5 Å². The first-order valence-electron chi connectivity index (χ1n) is 14.0. The first-order valence-corrected chi connectivity index (χ1v) is 14.0. The van der Waals surface area contributed by atoms with Crippen molar-refractivity contribution in [3.05, 3.63) is 102 Å². The molecule has 206 valence electrons. The number of hydrogen-bond donors (Lipinski definition) is 0. The molecule has 4 heterocycles. The Balaban J connectivity index is 1.25. The monoisotopic (exact) mass is 547 g/mol. The molecule has 2 aliphatic rings. The number of nitrogens with zero attached hydrogens (tertiary/aromatic N) is 5. The number of pyridine rings is 1. The number of carbonyl (C=O) groups excluding carboxylic acids is 1. The highest BCUT2D eigenvalue weighted by Crippen LogP contribution is 2.44. The molecule has 2 aromatic carbocycles. The van der Waals surface area contributed by atoms with Gasteiger partial charge in [0.2, 0.25) is 0 Å². The van der Waals surface area contributed by atoms with Crippen LogP contribution in [-0.2, 0) is 13.0 Å². The number of aromatic nitrogens is 4. The number of methoxy groups -OCH3 is 1. The molecule has 2 bridgehead atoms. The largest absolute Gasteiger partial charge is 0.496 e. The highest BCUT2D eigenvalue weighted by atomic mass is 19.1. The van der Waals surface area contributed by atoms with E-state index >= 15 is 0 Å². The van der Waals surface area contributed by atoms with Gasteiger partial charge in [-0.1, -0.05) is 12.1 Å². The predicted molar refractivity (Wildman–Crippen MR) is 156 cm³/mol. The molecule has 41 heavy (non-hydrogen) atoms. The van der Waals surface area contributed by atoms with Crippen molar-refractivity contribution < 1.29 is 13.9 Å². The number of ether oxygens (including phenoxy) is 1. The smallest absolute Gasteiger partial charge is 0.185 e. The second-order valence-electron chi connectivity index (χ2n) is 11.0. The molecule has 0 radical (unpaired) electrons. The van der Waals surface area contributed by atoms with Crippen molar-refractivity contribution in [3.63, 3.8) is 0 Å². The number of fused-ring (bicyclic) bond motifs is 3. The van der Waals surface area contributed by atoms with E-state index in [0.717, 1.165) is 35.2 Å². The second kappa shape index (κ2) is 10.4. The molecule has 2 atom stereocenters. The van der Waals surface area contributed by atoms with Crippen LogP contribution in [0.3, 0.4) is 0 Å². The number of Topliss-reactive ketones (excluding diaryl/α,β-unsaturated/α-hetero) is 1. The molecule has 2 fully saturated rings. The molecular weight excluding hydrogens is 517 g/mol. The van der Waals surface area contributed by atoms with Crippen molar-refractivity contribution in [3.8, 4) is 17.1 Å². The highest BCUT2D eigenvalue weighted by Gasteiger charge is 2.39. The van der Waals surface area contributed by atoms with Gasteiger partial charge >= 0.3 is 0 Å². The molecule has 8 heteroatoms. The maximum absolute atomic E-state index is 14.7. The first-order chi connectivity index (χ1) is 20.1. The summed E-state index contributed by atoms with van der Waals surface area (Å²) in [6.45, 7) is 1.77. The maximum Gasteiger partial charge on any atom is 0.185 e. The van der Waals surface area contributed by atoms with Gasteiger partial charge in [0.25, 0.3) is 0 Å². The lowest BCUT2D eigenvalue weighted by molar-refractivity contribution is 0.0988. The summed E-state index contributed by atoms with van der Waals surface area (Å²) in [4.78, 5) is 29.1. The van der Waals surface area contributed by atoms with Gasteiger partial charge in [-0.3, -0.25) is 9.78 Å². The van der Waals surface area contributed by atoms with Crippen LogP contribution in [0.4, 0.5) is 10.1 Å². The summed E-state index contributed by atoms with van der Waals surface area (Å²) in [6, 6.07) is 17.1. The van der Waals surface area contributed by atoms with Crippen LogP contribution >= 0.6 is 0 Å². The second-order valence-corrected chi connectivity index (χ2v) is 11.0. The molecule has 1 saturated heterocycles. The van der Waals surface area contributed by atoms with Crippen LogP contribution in [0.5, 0.6) is 5.75 Å². The van der Waals surface area contributed by atoms with Crippen molar-refractivity contribution >= 4 is 22.4 Å². The average Bonchev–Trinajstić information content (AvgIpc) is 3.74. The zero-order valence-corrected chi connectivity index (χ0v) is 22.8. The van der Waals surface area contributed by atoms with Gasteiger partial charge < -0.3 is 14.2 Å². The first kappa shape index (κ1) is 25.4. The molecule has 3 aromatic heterocycles. The Kier molecular flexibility index (Phi) is 6.46. The predicted octanol–water partition coefficient (Wildman–Crippen LogP) is 6.10. The van der Waals surface area contributed by atoms with Crippen LogP contribution in [0.25, 0.3) is 22.3 Å². The fourth-order valence-corrected chi connectivity index (χ4v) is 6.59. The van der Waals surface area contributed by atoms with Crippen LogP contribution < -0.4 is 9.64 Å². The Bertz CT molecular complexity index is 1750. The van der Waals surface area contributed by atoms with Gasteiger partial charge in [0.05, 0.1) is 23.9 Å². The van der Waals surface area contributed by atoms with Crippen molar-refractivity contribution in [1.82, 2.24) is 19.5 Å². The normalized spacial score (nSPS) is 17.9. The van der Waals surface area contributed by atoms with E-state index in [9.17, 15) is 9.18 Å². The topological polar surface area (TPSA) is 73.1 Å². The molecule has 5 aromatic rings. The number of rotatable bonds is 8. The third-order valence-electron chi connectivity index (χ3n) is 8.52. The van der Waals surface area contributed by atoms with E-state index in [-0.39, 0.29) is 29.3 Å². The van der Waals surface area contributed by atoms with E-state index in [0.29, 0.717) is 17.7 Å². The molecule has 1 aliphatic heterocycles. The van der Waals surface area contributed by atoms with Gasteiger partial charge in [-0.15, -0.1) is 0 Å². The lowest BCUT2D eigenvalue weighted by Crippen LogP contribution is -2.33. The molecular formula is C33H30FN5O2. The standard InChI is InChI=1S/C33H30FN5O2/c1-41-30-4-2-3-26(34)31(30)33-36-15-11-27(37-33)29(40)18-23-6-8-28-25(32(23)39-20-22-5-7-24(39)17-22)12-16-38(28)19-21-9-13-35-14-10-21/h2-4,6,8-16,22,24H,5,7,17-20H2,1H3/t22-,24+/m0/s1. The van der Waals surface area contributed by atoms with Crippen LogP contribution in [0.1, 0.15) is 40.9 Å². The summed E-state index contributed by atoms with van der Waals surface area (Å²) in [5.74, 6) is 0.527. The van der Waals surface area contributed by atoms with Crippen molar-refractivity contribution in [2.75, 3.05) is 18.6 Å². The van der Waals surface area contributed by atoms with Crippen molar-refractivity contribution in [1.29, 1.82) is 0 Å². The minimum absolute atomic E-state index is 0.131. The highest BCUT2D eigenvalue weighted by molar-refractivity contribution is 6.01. The fraction of sp³-hybridized carbons (Fsp3) is 0.273. The average molecular weight is 548 g/mol. The van der Waals surface area contributed by atoms with Gasteiger partial charge in [0.1, 0.15) is 17.3 Å². The third kappa shape index (κ3) is 4.63. The van der Waals surface area contributed by atoms with Crippen molar-refractivity contribution in [2.45, 2.75) is 38.3 Å². The Labute approximate surface area is 237 Å². The Morgan fingerprint density at radius 1 is 1.05 bits per heavy atom. The lowest BCUT2D eigenvalue weighted by Gasteiger charge is -2.32. The number of anilines is 1. The number of benzene rings is 2. The summed E-state index contributed by atoms with van der Waals surface area (Å²) in [5.41, 5.74) is 4.87. The van der Waals surface area contributed by atoms with Gasteiger partial charge in [0.15, 0.2) is 11.6 Å². The van der Waals surface area contributed by atoms with Crippen LogP contribution in [-0.4, -0.2) is 45.0 Å². The molecule has 0 unspecified atom stereocenters. The third-order valence-corrected chi connectivity index (χ3v) is 8.52. The summed E-state index contributed by atoms with van der Waals surface area (Å²) in [6.07, 6.45) is 11.1. The number of halogens is 1. The molecule has 7 rings (SSSR count). The Morgan fingerprint density at radius 2 is 1.93 bits per heavy atom. The lowest BCUT2D eigenvalue weighted by atomic mass is 9.99. The van der Waals surface area contributed by atoms with Crippen LogP contribution in [0.2, 0.25) is 0 Å². The number of ketones is 1. The SMILES string of the molecule is COc1cccc(F)c1-c1nccc(C(=O)Cc2ccc3c(ccn3Cc3ccncc3)c2N2C[C@H]3CC[C@@H]2C3)n1. The maximum atomic E-state index is 14.7. The van der Waals surface area contributed by atoms with Gasteiger partial charge in [-0.2, -0.15) is 0 Å². The number of hydrogen-bond acceptors (Lipinski definition) is 6. The molecule has 0 spiro atoms. The van der Waals surface area contributed by atoms with Crippen LogP contribution in [0.15, 0.2) is 79.4 Å². The molecule has 1 aliphatic carbocycles. The number of piperidine rings is 1. The van der Waals surface area contributed by atoms with Gasteiger partial charge in [-0.25, -0.2) is 14.4 Å². The minimum Gasteiger partial charge on any atom is -0.496 e. The van der Waals surface area contributed by atoms with E-state index < -0.39 is 5.82 Å². The van der Waals surface area contributed by atoms with E-state index in [2.05, 4.69) is 48.8 Å². The summed E-state index contributed by atoms with van der Waals surface area (Å²) in [5, 5.41) is 1.16. The quantitative estimate of drug-likeness (QED) is 0.219. The summed E-state index contributed by atoms with van der Waals surface area (Å²) >= 11 is 0. The zero-order chi connectivity index (χ0) is 27.9. The van der Waals surface area contributed by atoms with E-state index in [4.69, 9.17) is 4.74 Å². The van der Waals surface area contributed by atoms with E-state index in [1.165, 1.54) is 44.2 Å². The molecule has 0 N–H and O–H groups in total. The van der Waals surface area contributed by atoms with Gasteiger partial charge in [-0.05, 0) is 78.8 Å². The van der Waals surface area contributed by atoms with Crippen molar-refractivity contribution in [2.24, 2.45) is 5.92 Å². The van der Waals surface area contributed by atoms with Crippen LogP contribution in [0, 0.1) is 11.7 Å². The minimum atomic E-state index is -0.498. The number of carbonyl (C=O) groups is 1. The molecule has 0 amide bonds. The van der Waals surface area contributed by atoms with E-state index in [1.54, 1.807) is 18.2 Å². The molecule has 1 saturated carbocycles. The Morgan fingerprint density at radius 3 is 2.71 bits per heavy atom.